The van der Waals surface area contributed by atoms with Crippen LogP contribution in [-0.4, -0.2) is 18.3 Å². The van der Waals surface area contributed by atoms with Crippen LogP contribution in [0.25, 0.3) is 0 Å². The molecule has 1 aliphatic carbocycles. The highest BCUT2D eigenvalue weighted by atomic mass is 19.1. The van der Waals surface area contributed by atoms with Crippen molar-refractivity contribution in [2.45, 2.75) is 37.6 Å². The van der Waals surface area contributed by atoms with Gasteiger partial charge in [0.05, 0.1) is 0 Å². The van der Waals surface area contributed by atoms with Crippen molar-refractivity contribution in [3.05, 3.63) is 0 Å². The molecule has 0 bridgehead atoms. The SMILES string of the molecule is O=C=NC1(CF)CCCCC1. The van der Waals surface area contributed by atoms with E-state index in [0.29, 0.717) is 12.8 Å². The first-order valence-corrected chi connectivity index (χ1v) is 3.98. The molecule has 3 heteroatoms. The Morgan fingerprint density at radius 2 is 2.00 bits per heavy atom. The summed E-state index contributed by atoms with van der Waals surface area (Å²) in [6, 6.07) is 0. The lowest BCUT2D eigenvalue weighted by atomic mass is 9.83. The molecule has 2 nitrogen and oxygen atoms in total. The van der Waals surface area contributed by atoms with E-state index in [9.17, 15) is 9.18 Å². The number of aliphatic imine (C=N–C) groups is 1. The van der Waals surface area contributed by atoms with Gasteiger partial charge >= 0.3 is 0 Å². The molecule has 11 heavy (non-hydrogen) atoms. The molecule has 0 N–H and O–H groups in total. The minimum Gasteiger partial charge on any atom is -0.248 e. The van der Waals surface area contributed by atoms with E-state index in [1.54, 1.807) is 0 Å². The zero-order chi connectivity index (χ0) is 8.16. The first-order valence-electron chi connectivity index (χ1n) is 3.98. The number of isocyanates is 1. The van der Waals surface area contributed by atoms with Crippen molar-refractivity contribution in [3.8, 4) is 0 Å². The molecule has 0 unspecified atom stereocenters. The van der Waals surface area contributed by atoms with Gasteiger partial charge in [-0.1, -0.05) is 19.3 Å². The summed E-state index contributed by atoms with van der Waals surface area (Å²) in [6.45, 7) is -0.512. The molecule has 0 heterocycles. The lowest BCUT2D eigenvalue weighted by molar-refractivity contribution is 0.233. The van der Waals surface area contributed by atoms with E-state index in [1.807, 2.05) is 0 Å². The molecule has 0 aromatic rings. The molecule has 0 atom stereocenters. The van der Waals surface area contributed by atoms with Crippen LogP contribution < -0.4 is 0 Å². The molecule has 0 aliphatic heterocycles. The molecule has 0 radical (unpaired) electrons. The summed E-state index contributed by atoms with van der Waals surface area (Å²) in [7, 11) is 0. The molecule has 62 valence electrons. The maximum Gasteiger partial charge on any atom is 0.235 e. The first-order chi connectivity index (χ1) is 5.33. The van der Waals surface area contributed by atoms with Crippen LogP contribution in [0.15, 0.2) is 4.99 Å². The number of hydrogen-bond donors (Lipinski definition) is 0. The predicted octanol–water partition coefficient (Wildman–Crippen LogP) is 1.99. The molecular weight excluding hydrogens is 145 g/mol. The highest BCUT2D eigenvalue weighted by Crippen LogP contribution is 2.31. The monoisotopic (exact) mass is 157 g/mol. The van der Waals surface area contributed by atoms with Crippen LogP contribution >= 0.6 is 0 Å². The average Bonchev–Trinajstić information content (AvgIpc) is 2.07. The Hall–Kier alpha value is -0.690. The molecule has 1 rings (SSSR count). The zero-order valence-corrected chi connectivity index (χ0v) is 6.48. The van der Waals surface area contributed by atoms with E-state index in [-0.39, 0.29) is 0 Å². The fraction of sp³-hybridized carbons (Fsp3) is 0.875. The third-order valence-electron chi connectivity index (χ3n) is 2.32. The van der Waals surface area contributed by atoms with Crippen LogP contribution in [0.2, 0.25) is 0 Å². The first kappa shape index (κ1) is 8.41. The highest BCUT2D eigenvalue weighted by Gasteiger charge is 2.31. The minimum absolute atomic E-state index is 0.512. The van der Waals surface area contributed by atoms with Crippen molar-refractivity contribution in [1.82, 2.24) is 0 Å². The average molecular weight is 157 g/mol. The van der Waals surface area contributed by atoms with E-state index in [4.69, 9.17) is 0 Å². The van der Waals surface area contributed by atoms with Gasteiger partial charge in [-0.3, -0.25) is 0 Å². The minimum atomic E-state index is -0.694. The second-order valence-electron chi connectivity index (χ2n) is 3.12. The van der Waals surface area contributed by atoms with E-state index >= 15 is 0 Å². The molecule has 0 aromatic carbocycles. The second-order valence-corrected chi connectivity index (χ2v) is 3.12. The Kier molecular flexibility index (Phi) is 2.77. The topological polar surface area (TPSA) is 29.4 Å². The lowest BCUT2D eigenvalue weighted by Crippen LogP contribution is -2.31. The van der Waals surface area contributed by atoms with Gasteiger partial charge in [-0.15, -0.1) is 0 Å². The van der Waals surface area contributed by atoms with Gasteiger partial charge in [-0.25, -0.2) is 9.18 Å². The Morgan fingerprint density at radius 1 is 1.36 bits per heavy atom. The van der Waals surface area contributed by atoms with Crippen molar-refractivity contribution >= 4 is 6.08 Å². The lowest BCUT2D eigenvalue weighted by Gasteiger charge is -2.28. The molecule has 0 amide bonds. The van der Waals surface area contributed by atoms with Crippen molar-refractivity contribution < 1.29 is 9.18 Å². The molecular formula is C8H12FNO. The van der Waals surface area contributed by atoms with Gasteiger partial charge in [0.1, 0.15) is 12.2 Å². The molecule has 0 aromatic heterocycles. The smallest absolute Gasteiger partial charge is 0.235 e. The summed E-state index contributed by atoms with van der Waals surface area (Å²) in [5.41, 5.74) is -0.694. The standard InChI is InChI=1S/C8H12FNO/c9-6-8(10-7-11)4-2-1-3-5-8/h1-6H2. The quantitative estimate of drug-likeness (QED) is 0.445. The Labute approximate surface area is 65.5 Å². The summed E-state index contributed by atoms with van der Waals surface area (Å²) < 4.78 is 12.4. The summed E-state index contributed by atoms with van der Waals surface area (Å²) in [4.78, 5) is 13.5. The summed E-state index contributed by atoms with van der Waals surface area (Å²) in [6.07, 6.45) is 5.98. The zero-order valence-electron chi connectivity index (χ0n) is 6.48. The Morgan fingerprint density at radius 3 is 2.45 bits per heavy atom. The summed E-state index contributed by atoms with van der Waals surface area (Å²) in [5.74, 6) is 0. The number of rotatable bonds is 2. The predicted molar refractivity (Wildman–Crippen MR) is 39.9 cm³/mol. The Balaban J connectivity index is 2.64. The fourth-order valence-corrected chi connectivity index (χ4v) is 1.58. The number of nitrogens with zero attached hydrogens (tertiary/aromatic N) is 1. The highest BCUT2D eigenvalue weighted by molar-refractivity contribution is 5.35. The van der Waals surface area contributed by atoms with Crippen LogP contribution in [-0.2, 0) is 4.79 Å². The number of carbonyl (C=O) groups excluding carboxylic acids is 1. The van der Waals surface area contributed by atoms with Crippen LogP contribution in [0.1, 0.15) is 32.1 Å². The van der Waals surface area contributed by atoms with Crippen LogP contribution in [0, 0.1) is 0 Å². The van der Waals surface area contributed by atoms with E-state index in [1.165, 1.54) is 6.08 Å². The summed E-state index contributed by atoms with van der Waals surface area (Å²) in [5, 5.41) is 0. The third-order valence-corrected chi connectivity index (χ3v) is 2.32. The number of alkyl halides is 1. The van der Waals surface area contributed by atoms with Crippen molar-refractivity contribution in [2.24, 2.45) is 4.99 Å². The molecule has 1 fully saturated rings. The maximum atomic E-state index is 12.4. The fourth-order valence-electron chi connectivity index (χ4n) is 1.58. The van der Waals surface area contributed by atoms with Gasteiger partial charge in [-0.05, 0) is 12.8 Å². The van der Waals surface area contributed by atoms with E-state index < -0.39 is 12.2 Å². The maximum absolute atomic E-state index is 12.4. The van der Waals surface area contributed by atoms with Crippen LogP contribution in [0.5, 0.6) is 0 Å². The molecule has 0 saturated heterocycles. The second kappa shape index (κ2) is 3.63. The summed E-state index contributed by atoms with van der Waals surface area (Å²) >= 11 is 0. The van der Waals surface area contributed by atoms with Gasteiger partial charge in [0.25, 0.3) is 0 Å². The molecule has 1 saturated carbocycles. The van der Waals surface area contributed by atoms with Gasteiger partial charge in [0.2, 0.25) is 6.08 Å². The number of hydrogen-bond acceptors (Lipinski definition) is 2. The van der Waals surface area contributed by atoms with Crippen molar-refractivity contribution in [3.63, 3.8) is 0 Å². The van der Waals surface area contributed by atoms with Crippen molar-refractivity contribution in [1.29, 1.82) is 0 Å². The third kappa shape index (κ3) is 1.87. The number of halogens is 1. The Bertz CT molecular complexity index is 169. The van der Waals surface area contributed by atoms with E-state index in [2.05, 4.69) is 4.99 Å². The van der Waals surface area contributed by atoms with E-state index in [0.717, 1.165) is 19.3 Å². The largest absolute Gasteiger partial charge is 0.248 e. The van der Waals surface area contributed by atoms with Crippen LogP contribution in [0.3, 0.4) is 0 Å². The van der Waals surface area contributed by atoms with Crippen molar-refractivity contribution in [2.75, 3.05) is 6.67 Å². The van der Waals surface area contributed by atoms with Gasteiger partial charge in [0, 0.05) is 0 Å². The molecule has 1 aliphatic rings. The van der Waals surface area contributed by atoms with Crippen LogP contribution in [0.4, 0.5) is 4.39 Å². The van der Waals surface area contributed by atoms with Gasteiger partial charge in [0.15, 0.2) is 0 Å². The normalized spacial score (nSPS) is 22.3. The molecule has 0 spiro atoms. The van der Waals surface area contributed by atoms with Gasteiger partial charge in [-0.2, -0.15) is 4.99 Å². The van der Waals surface area contributed by atoms with Gasteiger partial charge < -0.3 is 0 Å².